The SMILES string of the molecule is COc1cc(Cl)ccc1C(=O)n1cc(-c2cc(=O)c3c(OC)c(OC)c(OC)cc3o2)c2ccccc21. The van der Waals surface area contributed by atoms with Crippen LogP contribution in [0.15, 0.2) is 70.0 Å². The molecule has 5 rings (SSSR count). The Balaban J connectivity index is 1.75. The molecule has 2 heterocycles. The Morgan fingerprint density at radius 3 is 2.30 bits per heavy atom. The number of methoxy groups -OCH3 is 4. The fourth-order valence-electron chi connectivity index (χ4n) is 4.44. The lowest BCUT2D eigenvalue weighted by molar-refractivity contribution is 0.0962. The van der Waals surface area contributed by atoms with Gasteiger partial charge in [0.2, 0.25) is 5.75 Å². The van der Waals surface area contributed by atoms with E-state index >= 15 is 0 Å². The lowest BCUT2D eigenvalue weighted by atomic mass is 10.1. The summed E-state index contributed by atoms with van der Waals surface area (Å²) in [7, 11) is 5.86. The van der Waals surface area contributed by atoms with Gasteiger partial charge in [-0.3, -0.25) is 14.2 Å². The van der Waals surface area contributed by atoms with Gasteiger partial charge in [-0.1, -0.05) is 29.8 Å². The molecule has 8 nitrogen and oxygen atoms in total. The molecular formula is C28H22ClNO7. The molecule has 0 amide bonds. The summed E-state index contributed by atoms with van der Waals surface area (Å²) in [5.41, 5.74) is 1.44. The molecule has 0 aliphatic carbocycles. The summed E-state index contributed by atoms with van der Waals surface area (Å²) in [5, 5.41) is 1.39. The highest BCUT2D eigenvalue weighted by Crippen LogP contribution is 2.43. The Morgan fingerprint density at radius 2 is 1.59 bits per heavy atom. The van der Waals surface area contributed by atoms with Crippen molar-refractivity contribution in [2.45, 2.75) is 0 Å². The van der Waals surface area contributed by atoms with E-state index in [1.807, 2.05) is 24.3 Å². The fraction of sp³-hybridized carbons (Fsp3) is 0.143. The number of aromatic nitrogens is 1. The number of hydrogen-bond donors (Lipinski definition) is 0. The fourth-order valence-corrected chi connectivity index (χ4v) is 4.60. The first-order valence-corrected chi connectivity index (χ1v) is 11.5. The molecule has 188 valence electrons. The number of ether oxygens (including phenoxy) is 4. The Kier molecular flexibility index (Phi) is 6.27. The zero-order valence-electron chi connectivity index (χ0n) is 20.5. The van der Waals surface area contributed by atoms with E-state index in [-0.39, 0.29) is 39.6 Å². The number of nitrogens with zero attached hydrogens (tertiary/aromatic N) is 1. The van der Waals surface area contributed by atoms with E-state index < -0.39 is 0 Å². The van der Waals surface area contributed by atoms with E-state index in [2.05, 4.69) is 0 Å². The Bertz CT molecular complexity index is 1730. The number of para-hydroxylation sites is 1. The van der Waals surface area contributed by atoms with Gasteiger partial charge in [0.1, 0.15) is 22.5 Å². The molecule has 5 aromatic rings. The van der Waals surface area contributed by atoms with Crippen molar-refractivity contribution in [2.24, 2.45) is 0 Å². The molecular weight excluding hydrogens is 498 g/mol. The van der Waals surface area contributed by atoms with E-state index in [1.54, 1.807) is 30.5 Å². The molecule has 9 heteroatoms. The second-order valence-corrected chi connectivity index (χ2v) is 8.51. The van der Waals surface area contributed by atoms with Crippen LogP contribution in [0.2, 0.25) is 5.02 Å². The molecule has 0 unspecified atom stereocenters. The molecule has 0 N–H and O–H groups in total. The number of carbonyl (C=O) groups excluding carboxylic acids is 1. The standard InChI is InChI=1S/C28H22ClNO7/c1-33-21-11-15(29)9-10-17(21)28(32)30-14-18(16-7-5-6-8-19(16)30)22-12-20(31)25-23(37-22)13-24(34-2)26(35-3)27(25)36-4/h5-14H,1-4H3. The molecule has 0 spiro atoms. The molecule has 0 saturated heterocycles. The van der Waals surface area contributed by atoms with Gasteiger partial charge in [0, 0.05) is 34.3 Å². The van der Waals surface area contributed by atoms with E-state index in [0.717, 1.165) is 5.39 Å². The van der Waals surface area contributed by atoms with E-state index in [1.165, 1.54) is 39.1 Å². The summed E-state index contributed by atoms with van der Waals surface area (Å²) in [6, 6.07) is 15.1. The molecule has 0 radical (unpaired) electrons. The van der Waals surface area contributed by atoms with Crippen molar-refractivity contribution in [2.75, 3.05) is 28.4 Å². The lowest BCUT2D eigenvalue weighted by Crippen LogP contribution is -2.12. The molecule has 0 bridgehead atoms. The quantitative estimate of drug-likeness (QED) is 0.280. The minimum Gasteiger partial charge on any atom is -0.496 e. The third-order valence-electron chi connectivity index (χ3n) is 6.11. The van der Waals surface area contributed by atoms with Crippen molar-refractivity contribution in [3.05, 3.63) is 81.6 Å². The molecule has 0 aliphatic heterocycles. The maximum absolute atomic E-state index is 13.6. The van der Waals surface area contributed by atoms with Gasteiger partial charge >= 0.3 is 0 Å². The van der Waals surface area contributed by atoms with Gasteiger partial charge < -0.3 is 23.4 Å². The third-order valence-corrected chi connectivity index (χ3v) is 6.35. The van der Waals surface area contributed by atoms with Gasteiger partial charge in [-0.05, 0) is 24.3 Å². The van der Waals surface area contributed by atoms with Crippen LogP contribution in [-0.2, 0) is 0 Å². The summed E-state index contributed by atoms with van der Waals surface area (Å²) < 4.78 is 29.4. The molecule has 0 aliphatic rings. The van der Waals surface area contributed by atoms with Gasteiger partial charge in [0.15, 0.2) is 16.9 Å². The largest absolute Gasteiger partial charge is 0.496 e. The number of hydrogen-bond acceptors (Lipinski definition) is 7. The van der Waals surface area contributed by atoms with Crippen LogP contribution < -0.4 is 24.4 Å². The van der Waals surface area contributed by atoms with Gasteiger partial charge in [-0.15, -0.1) is 0 Å². The Morgan fingerprint density at radius 1 is 0.865 bits per heavy atom. The Hall–Kier alpha value is -4.43. The van der Waals surface area contributed by atoms with Gasteiger partial charge in [-0.2, -0.15) is 0 Å². The van der Waals surface area contributed by atoms with Crippen molar-refractivity contribution in [1.29, 1.82) is 0 Å². The molecule has 0 fully saturated rings. The first kappa shape index (κ1) is 24.3. The summed E-state index contributed by atoms with van der Waals surface area (Å²) in [5.74, 6) is 1.15. The minimum absolute atomic E-state index is 0.213. The van der Waals surface area contributed by atoms with Crippen LogP contribution in [0.1, 0.15) is 10.4 Å². The Labute approximate surface area is 216 Å². The molecule has 2 aromatic heterocycles. The second kappa shape index (κ2) is 9.55. The molecule has 0 atom stereocenters. The van der Waals surface area contributed by atoms with E-state index in [4.69, 9.17) is 35.0 Å². The number of rotatable bonds is 6. The highest BCUT2D eigenvalue weighted by Gasteiger charge is 2.24. The summed E-state index contributed by atoms with van der Waals surface area (Å²) in [6.07, 6.45) is 1.64. The van der Waals surface area contributed by atoms with Crippen molar-refractivity contribution in [3.8, 4) is 34.3 Å². The highest BCUT2D eigenvalue weighted by atomic mass is 35.5. The van der Waals surface area contributed by atoms with E-state index in [0.29, 0.717) is 33.2 Å². The maximum atomic E-state index is 13.6. The lowest BCUT2D eigenvalue weighted by Gasteiger charge is -2.14. The monoisotopic (exact) mass is 519 g/mol. The van der Waals surface area contributed by atoms with Crippen molar-refractivity contribution in [3.63, 3.8) is 0 Å². The van der Waals surface area contributed by atoms with Gasteiger partial charge in [-0.25, -0.2) is 0 Å². The summed E-state index contributed by atoms with van der Waals surface area (Å²) >= 11 is 6.08. The predicted molar refractivity (Wildman–Crippen MR) is 141 cm³/mol. The average Bonchev–Trinajstić information content (AvgIpc) is 3.31. The first-order chi connectivity index (χ1) is 17.9. The van der Waals surface area contributed by atoms with Crippen LogP contribution in [0.4, 0.5) is 0 Å². The zero-order valence-corrected chi connectivity index (χ0v) is 21.2. The summed E-state index contributed by atoms with van der Waals surface area (Å²) in [4.78, 5) is 26.9. The van der Waals surface area contributed by atoms with Gasteiger partial charge in [0.25, 0.3) is 5.91 Å². The van der Waals surface area contributed by atoms with Crippen LogP contribution in [0.25, 0.3) is 33.2 Å². The normalized spacial score (nSPS) is 11.1. The molecule has 3 aromatic carbocycles. The second-order valence-electron chi connectivity index (χ2n) is 8.07. The number of benzene rings is 3. The number of carbonyl (C=O) groups is 1. The van der Waals surface area contributed by atoms with Crippen molar-refractivity contribution >= 4 is 39.4 Å². The zero-order chi connectivity index (χ0) is 26.3. The predicted octanol–water partition coefficient (Wildman–Crippen LogP) is 5.79. The van der Waals surface area contributed by atoms with Crippen LogP contribution in [-0.4, -0.2) is 38.9 Å². The highest BCUT2D eigenvalue weighted by molar-refractivity contribution is 6.31. The molecule has 0 saturated carbocycles. The third kappa shape index (κ3) is 3.95. The van der Waals surface area contributed by atoms with Crippen molar-refractivity contribution < 1.29 is 28.2 Å². The minimum atomic E-state index is -0.336. The smallest absolute Gasteiger partial charge is 0.266 e. The summed E-state index contributed by atoms with van der Waals surface area (Å²) in [6.45, 7) is 0. The van der Waals surface area contributed by atoms with Crippen LogP contribution in [0, 0.1) is 0 Å². The first-order valence-electron chi connectivity index (χ1n) is 11.2. The van der Waals surface area contributed by atoms with Gasteiger partial charge in [0.05, 0.1) is 39.5 Å². The van der Waals surface area contributed by atoms with Crippen LogP contribution in [0.5, 0.6) is 23.0 Å². The topological polar surface area (TPSA) is 89.1 Å². The van der Waals surface area contributed by atoms with E-state index in [9.17, 15) is 9.59 Å². The maximum Gasteiger partial charge on any atom is 0.266 e. The number of fused-ring (bicyclic) bond motifs is 2. The number of halogens is 1. The van der Waals surface area contributed by atoms with Crippen LogP contribution in [0.3, 0.4) is 0 Å². The molecule has 37 heavy (non-hydrogen) atoms. The van der Waals surface area contributed by atoms with Crippen molar-refractivity contribution in [1.82, 2.24) is 4.57 Å². The van der Waals surface area contributed by atoms with Crippen LogP contribution >= 0.6 is 11.6 Å². The average molecular weight is 520 g/mol.